The molecule has 4 heterocycles. The molecular formula is C23H20ClF2N3O5. The van der Waals surface area contributed by atoms with Gasteiger partial charge in [0.2, 0.25) is 5.43 Å². The smallest absolute Gasteiger partial charge is 0.275 e. The van der Waals surface area contributed by atoms with E-state index < -0.39 is 45.2 Å². The largest absolute Gasteiger partial charge is 0.503 e. The molecule has 0 saturated carbocycles. The fourth-order valence-corrected chi connectivity index (χ4v) is 5.34. The highest BCUT2D eigenvalue weighted by molar-refractivity contribution is 6.30. The predicted octanol–water partition coefficient (Wildman–Crippen LogP) is 2.53. The van der Waals surface area contributed by atoms with E-state index in [0.717, 1.165) is 12.1 Å². The highest BCUT2D eigenvalue weighted by Gasteiger charge is 2.54. The van der Waals surface area contributed by atoms with Crippen LogP contribution in [0.2, 0.25) is 5.02 Å². The minimum atomic E-state index is -1.02. The molecular weight excluding hydrogens is 472 g/mol. The molecule has 2 aromatic rings. The number of pyridine rings is 1. The van der Waals surface area contributed by atoms with Gasteiger partial charge < -0.3 is 24.6 Å². The molecule has 4 atom stereocenters. The summed E-state index contributed by atoms with van der Waals surface area (Å²) in [7, 11) is 0. The van der Waals surface area contributed by atoms with Gasteiger partial charge in [0.25, 0.3) is 11.8 Å². The summed E-state index contributed by atoms with van der Waals surface area (Å²) >= 11 is 5.57. The van der Waals surface area contributed by atoms with Crippen molar-refractivity contribution in [3.05, 3.63) is 74.7 Å². The summed E-state index contributed by atoms with van der Waals surface area (Å²) in [4.78, 5) is 40.5. The number of nitrogens with zero attached hydrogens (tertiary/aromatic N) is 2. The Balaban J connectivity index is 1.51. The first-order chi connectivity index (χ1) is 16.2. The van der Waals surface area contributed by atoms with Crippen LogP contribution in [0.1, 0.15) is 45.3 Å². The fourth-order valence-electron chi connectivity index (χ4n) is 5.15. The summed E-state index contributed by atoms with van der Waals surface area (Å²) in [5.74, 6) is -4.21. The van der Waals surface area contributed by atoms with Gasteiger partial charge in [-0.25, -0.2) is 8.78 Å². The number of halogens is 3. The van der Waals surface area contributed by atoms with Crippen LogP contribution in [0.3, 0.4) is 0 Å². The molecule has 2 fully saturated rings. The predicted molar refractivity (Wildman–Crippen MR) is 117 cm³/mol. The summed E-state index contributed by atoms with van der Waals surface area (Å²) in [5.41, 5.74) is -1.70. The van der Waals surface area contributed by atoms with Crippen molar-refractivity contribution in [2.45, 2.75) is 43.6 Å². The lowest BCUT2D eigenvalue weighted by Crippen LogP contribution is -2.55. The average Bonchev–Trinajstić information content (AvgIpc) is 3.22. The average molecular weight is 492 g/mol. The Morgan fingerprint density at radius 3 is 2.85 bits per heavy atom. The van der Waals surface area contributed by atoms with Crippen LogP contribution in [0.4, 0.5) is 8.78 Å². The molecule has 0 bridgehead atoms. The molecule has 2 N–H and O–H groups in total. The fraction of sp³-hybridized carbons (Fsp3) is 0.348. The number of aromatic nitrogens is 1. The third kappa shape index (κ3) is 3.24. The Labute approximate surface area is 197 Å². The normalized spacial score (nSPS) is 25.0. The van der Waals surface area contributed by atoms with E-state index in [2.05, 4.69) is 11.9 Å². The van der Waals surface area contributed by atoms with E-state index in [9.17, 15) is 28.3 Å². The summed E-state index contributed by atoms with van der Waals surface area (Å²) in [6, 6.07) is 1.14. The highest BCUT2D eigenvalue weighted by atomic mass is 35.5. The minimum Gasteiger partial charge on any atom is -0.503 e. The SMILES string of the molecule is C=C[C@@H]1C[C@H]2OCCC3C2N1C(=O)c1c(O)c(=O)c(C(=O)NCc2ccc(F)c(Cl)c2F)cn13. The maximum Gasteiger partial charge on any atom is 0.275 e. The van der Waals surface area contributed by atoms with Crippen LogP contribution in [0.25, 0.3) is 0 Å². The van der Waals surface area contributed by atoms with Crippen LogP contribution >= 0.6 is 11.6 Å². The van der Waals surface area contributed by atoms with Crippen molar-refractivity contribution >= 4 is 23.4 Å². The lowest BCUT2D eigenvalue weighted by Gasteiger charge is -2.45. The molecule has 0 aliphatic carbocycles. The van der Waals surface area contributed by atoms with E-state index in [-0.39, 0.29) is 42.0 Å². The molecule has 5 rings (SSSR count). The summed E-state index contributed by atoms with van der Waals surface area (Å²) in [6.45, 7) is 3.83. The number of aromatic hydroxyl groups is 1. The van der Waals surface area contributed by atoms with Crippen molar-refractivity contribution in [3.63, 3.8) is 0 Å². The lowest BCUT2D eigenvalue weighted by atomic mass is 9.93. The van der Waals surface area contributed by atoms with Crippen molar-refractivity contribution < 1.29 is 28.2 Å². The topological polar surface area (TPSA) is 101 Å². The number of ether oxygens (including phenoxy) is 1. The standard InChI is InChI=1S/C23H20ClF2N3O5/c1-2-11-7-15-18-14(5-6-34-15)28-9-12(20(30)21(31)19(28)23(33)29(11)18)22(32)27-8-10-3-4-13(25)16(24)17(10)26/h2-4,9,11,14-15,18,31H,1,5-8H2,(H,27,32)/t11-,14?,15-,18?/m1/s1. The Morgan fingerprint density at radius 2 is 2.12 bits per heavy atom. The lowest BCUT2D eigenvalue weighted by molar-refractivity contribution is -0.0411. The number of fused-ring (bicyclic) bond motifs is 2. The molecule has 2 saturated heterocycles. The zero-order chi connectivity index (χ0) is 24.3. The van der Waals surface area contributed by atoms with Crippen molar-refractivity contribution in [1.29, 1.82) is 0 Å². The molecule has 2 unspecified atom stereocenters. The molecule has 0 spiro atoms. The van der Waals surface area contributed by atoms with Gasteiger partial charge in [-0.05, 0) is 18.9 Å². The monoisotopic (exact) mass is 491 g/mol. The molecule has 1 aromatic carbocycles. The Bertz CT molecular complexity index is 1300. The van der Waals surface area contributed by atoms with Crippen LogP contribution in [0.5, 0.6) is 5.75 Å². The first-order valence-corrected chi connectivity index (χ1v) is 11.1. The van der Waals surface area contributed by atoms with Crippen LogP contribution in [-0.2, 0) is 11.3 Å². The van der Waals surface area contributed by atoms with E-state index in [4.69, 9.17) is 16.3 Å². The Morgan fingerprint density at radius 1 is 1.35 bits per heavy atom. The van der Waals surface area contributed by atoms with E-state index in [1.54, 1.807) is 11.0 Å². The van der Waals surface area contributed by atoms with Gasteiger partial charge in [-0.1, -0.05) is 23.7 Å². The van der Waals surface area contributed by atoms with Crippen LogP contribution in [0.15, 0.2) is 35.8 Å². The Hall–Kier alpha value is -3.24. The number of carbonyl (C=O) groups excluding carboxylic acids is 2. The van der Waals surface area contributed by atoms with Crippen molar-refractivity contribution in [2.75, 3.05) is 6.61 Å². The second-order valence-electron chi connectivity index (χ2n) is 8.50. The van der Waals surface area contributed by atoms with Gasteiger partial charge in [-0.2, -0.15) is 0 Å². The maximum atomic E-state index is 14.2. The maximum absolute atomic E-state index is 14.2. The number of nitrogens with one attached hydrogen (secondary N) is 1. The zero-order valence-corrected chi connectivity index (χ0v) is 18.5. The third-order valence-electron chi connectivity index (χ3n) is 6.75. The van der Waals surface area contributed by atoms with E-state index >= 15 is 0 Å². The third-order valence-corrected chi connectivity index (χ3v) is 7.10. The van der Waals surface area contributed by atoms with Gasteiger partial charge >= 0.3 is 0 Å². The number of hydrogen-bond acceptors (Lipinski definition) is 5. The van der Waals surface area contributed by atoms with Gasteiger partial charge in [0.15, 0.2) is 11.4 Å². The second-order valence-corrected chi connectivity index (χ2v) is 8.88. The number of hydrogen-bond donors (Lipinski definition) is 2. The zero-order valence-electron chi connectivity index (χ0n) is 17.8. The summed E-state index contributed by atoms with van der Waals surface area (Å²) in [6.07, 6.45) is 3.72. The van der Waals surface area contributed by atoms with Crippen molar-refractivity contribution in [2.24, 2.45) is 0 Å². The van der Waals surface area contributed by atoms with Crippen LogP contribution < -0.4 is 10.7 Å². The molecule has 1 aromatic heterocycles. The second kappa shape index (κ2) is 8.21. The molecule has 178 valence electrons. The quantitative estimate of drug-likeness (QED) is 0.505. The summed E-state index contributed by atoms with van der Waals surface area (Å²) < 4.78 is 34.9. The first kappa shape index (κ1) is 22.5. The number of benzene rings is 1. The van der Waals surface area contributed by atoms with Crippen LogP contribution in [0, 0.1) is 11.6 Å². The molecule has 3 aliphatic heterocycles. The van der Waals surface area contributed by atoms with Crippen LogP contribution in [-0.4, -0.2) is 51.2 Å². The van der Waals surface area contributed by atoms with Crippen molar-refractivity contribution in [1.82, 2.24) is 14.8 Å². The number of carbonyl (C=O) groups is 2. The minimum absolute atomic E-state index is 0.0819. The molecule has 0 radical (unpaired) electrons. The van der Waals surface area contributed by atoms with E-state index in [0.29, 0.717) is 19.4 Å². The van der Waals surface area contributed by atoms with E-state index in [1.165, 1.54) is 10.8 Å². The first-order valence-electron chi connectivity index (χ1n) is 10.7. The van der Waals surface area contributed by atoms with E-state index in [1.807, 2.05) is 0 Å². The van der Waals surface area contributed by atoms with Gasteiger partial charge in [0.05, 0.1) is 24.2 Å². The molecule has 2 amide bonds. The van der Waals surface area contributed by atoms with Gasteiger partial charge in [-0.3, -0.25) is 14.4 Å². The number of rotatable bonds is 4. The molecule has 34 heavy (non-hydrogen) atoms. The highest BCUT2D eigenvalue weighted by Crippen LogP contribution is 2.44. The van der Waals surface area contributed by atoms with Gasteiger partial charge in [-0.15, -0.1) is 6.58 Å². The molecule has 3 aliphatic rings. The number of amides is 2. The molecule has 8 nitrogen and oxygen atoms in total. The summed E-state index contributed by atoms with van der Waals surface area (Å²) in [5, 5.41) is 12.4. The van der Waals surface area contributed by atoms with Crippen molar-refractivity contribution in [3.8, 4) is 5.75 Å². The Kier molecular flexibility index (Phi) is 5.44. The van der Waals surface area contributed by atoms with Gasteiger partial charge in [0.1, 0.15) is 22.2 Å². The molecule has 11 heteroatoms. The van der Waals surface area contributed by atoms with Gasteiger partial charge in [0, 0.05) is 24.9 Å².